The number of hydrogen-bond donors (Lipinski definition) is 2. The number of nitrogens with two attached hydrogens (primary N) is 1. The molecule has 0 bridgehead atoms. The Hall–Kier alpha value is -1.64. The maximum Gasteiger partial charge on any atom is 0.118 e. The standard InChI is InChI=1S/C22H29NO/c1-3-15-22(24)16-20(17-11-7-5-8-12-17)23-21(19(22)4-2)18-13-9-6-10-14-18/h5-14,19-21,23-24H,3-4,15-16H2,1-2H3/p+1/t19-,20-,21+,22-/m0/s1. The molecule has 0 amide bonds. The van der Waals surface area contributed by atoms with Crippen LogP contribution in [0.15, 0.2) is 60.7 Å². The molecular weight excluding hydrogens is 294 g/mol. The third-order valence-corrected chi connectivity index (χ3v) is 5.67. The number of piperidine rings is 1. The van der Waals surface area contributed by atoms with Gasteiger partial charge in [-0.2, -0.15) is 0 Å². The number of rotatable bonds is 5. The lowest BCUT2D eigenvalue weighted by molar-refractivity contribution is -0.757. The van der Waals surface area contributed by atoms with Crippen molar-refractivity contribution in [1.82, 2.24) is 0 Å². The molecule has 0 radical (unpaired) electrons. The fourth-order valence-electron chi connectivity index (χ4n) is 4.62. The van der Waals surface area contributed by atoms with Gasteiger partial charge in [-0.15, -0.1) is 0 Å². The summed E-state index contributed by atoms with van der Waals surface area (Å²) in [6.07, 6.45) is 3.75. The van der Waals surface area contributed by atoms with Gasteiger partial charge < -0.3 is 10.4 Å². The van der Waals surface area contributed by atoms with Crippen LogP contribution in [0.4, 0.5) is 0 Å². The van der Waals surface area contributed by atoms with Crippen LogP contribution in [0.1, 0.15) is 62.7 Å². The topological polar surface area (TPSA) is 36.8 Å². The second-order valence-electron chi connectivity index (χ2n) is 7.22. The van der Waals surface area contributed by atoms with Crippen molar-refractivity contribution < 1.29 is 10.4 Å². The molecule has 2 heteroatoms. The van der Waals surface area contributed by atoms with E-state index in [1.165, 1.54) is 11.1 Å². The van der Waals surface area contributed by atoms with E-state index in [0.717, 1.165) is 25.7 Å². The molecule has 3 rings (SSSR count). The zero-order valence-electron chi connectivity index (χ0n) is 14.9. The van der Waals surface area contributed by atoms with Crippen LogP contribution < -0.4 is 5.32 Å². The summed E-state index contributed by atoms with van der Waals surface area (Å²) < 4.78 is 0. The Bertz CT molecular complexity index is 627. The van der Waals surface area contributed by atoms with E-state index in [4.69, 9.17) is 0 Å². The first-order valence-electron chi connectivity index (χ1n) is 9.35. The van der Waals surface area contributed by atoms with Gasteiger partial charge in [0, 0.05) is 23.5 Å². The average molecular weight is 324 g/mol. The maximum absolute atomic E-state index is 11.6. The minimum atomic E-state index is -0.584. The first kappa shape index (κ1) is 17.2. The van der Waals surface area contributed by atoms with Crippen LogP contribution in [0.3, 0.4) is 0 Å². The summed E-state index contributed by atoms with van der Waals surface area (Å²) >= 11 is 0. The molecule has 1 aliphatic rings. The first-order chi connectivity index (χ1) is 11.7. The second kappa shape index (κ2) is 7.50. The van der Waals surface area contributed by atoms with Crippen LogP contribution >= 0.6 is 0 Å². The third kappa shape index (κ3) is 3.40. The number of aliphatic hydroxyl groups is 1. The quantitative estimate of drug-likeness (QED) is 0.857. The van der Waals surface area contributed by atoms with Crippen molar-refractivity contribution >= 4 is 0 Å². The minimum absolute atomic E-state index is 0.291. The molecule has 128 valence electrons. The molecule has 1 heterocycles. The van der Waals surface area contributed by atoms with Crippen LogP contribution in [0, 0.1) is 5.92 Å². The fourth-order valence-corrected chi connectivity index (χ4v) is 4.62. The highest BCUT2D eigenvalue weighted by Crippen LogP contribution is 2.42. The van der Waals surface area contributed by atoms with Crippen molar-refractivity contribution in [3.05, 3.63) is 71.8 Å². The Morgan fingerprint density at radius 2 is 1.54 bits per heavy atom. The molecule has 1 fully saturated rings. The van der Waals surface area contributed by atoms with Gasteiger partial charge in [0.15, 0.2) is 0 Å². The molecule has 4 atom stereocenters. The Labute approximate surface area is 145 Å². The summed E-state index contributed by atoms with van der Waals surface area (Å²) in [5, 5.41) is 14.1. The van der Waals surface area contributed by atoms with E-state index in [-0.39, 0.29) is 0 Å². The zero-order valence-corrected chi connectivity index (χ0v) is 14.9. The predicted molar refractivity (Wildman–Crippen MR) is 98.5 cm³/mol. The zero-order chi connectivity index (χ0) is 17.0. The third-order valence-electron chi connectivity index (χ3n) is 5.67. The van der Waals surface area contributed by atoms with E-state index < -0.39 is 5.60 Å². The lowest BCUT2D eigenvalue weighted by atomic mass is 9.68. The highest BCUT2D eigenvalue weighted by Gasteiger charge is 2.49. The van der Waals surface area contributed by atoms with Crippen LogP contribution in [0.5, 0.6) is 0 Å². The summed E-state index contributed by atoms with van der Waals surface area (Å²) in [7, 11) is 0. The van der Waals surface area contributed by atoms with E-state index in [2.05, 4.69) is 79.8 Å². The SMILES string of the molecule is CCC[C@]1(O)C[C@@H](c2ccccc2)[NH2+][C@H](c2ccccc2)[C@@H]1CC. The van der Waals surface area contributed by atoms with Gasteiger partial charge in [0.25, 0.3) is 0 Å². The van der Waals surface area contributed by atoms with Gasteiger partial charge in [-0.3, -0.25) is 0 Å². The van der Waals surface area contributed by atoms with Crippen molar-refractivity contribution in [2.24, 2.45) is 5.92 Å². The summed E-state index contributed by atoms with van der Waals surface area (Å²) in [4.78, 5) is 0. The van der Waals surface area contributed by atoms with Gasteiger partial charge in [-0.05, 0) is 12.8 Å². The lowest BCUT2D eigenvalue weighted by Gasteiger charge is -2.46. The molecule has 1 aliphatic heterocycles. The summed E-state index contributed by atoms with van der Waals surface area (Å²) in [5.74, 6) is 0.291. The number of quaternary nitrogens is 1. The first-order valence-corrected chi connectivity index (χ1v) is 9.35. The van der Waals surface area contributed by atoms with E-state index in [0.29, 0.717) is 18.0 Å². The van der Waals surface area contributed by atoms with E-state index in [1.54, 1.807) is 0 Å². The van der Waals surface area contributed by atoms with Gasteiger partial charge in [0.1, 0.15) is 12.1 Å². The summed E-state index contributed by atoms with van der Waals surface area (Å²) in [6, 6.07) is 22.0. The Morgan fingerprint density at radius 3 is 2.08 bits per heavy atom. The van der Waals surface area contributed by atoms with Crippen LogP contribution in [0.2, 0.25) is 0 Å². The normalized spacial score (nSPS) is 30.2. The summed E-state index contributed by atoms with van der Waals surface area (Å²) in [5.41, 5.74) is 2.07. The van der Waals surface area contributed by atoms with Crippen LogP contribution in [0.25, 0.3) is 0 Å². The van der Waals surface area contributed by atoms with E-state index in [1.807, 2.05) is 0 Å². The van der Waals surface area contributed by atoms with Gasteiger partial charge in [0.05, 0.1) is 5.60 Å². The molecule has 2 aromatic carbocycles. The Balaban J connectivity index is 1.98. The van der Waals surface area contributed by atoms with Gasteiger partial charge >= 0.3 is 0 Å². The van der Waals surface area contributed by atoms with Crippen molar-refractivity contribution in [2.75, 3.05) is 0 Å². The Kier molecular flexibility index (Phi) is 5.37. The van der Waals surface area contributed by atoms with Crippen molar-refractivity contribution in [3.63, 3.8) is 0 Å². The molecule has 0 saturated carbocycles. The van der Waals surface area contributed by atoms with Gasteiger partial charge in [0.2, 0.25) is 0 Å². The van der Waals surface area contributed by atoms with Crippen molar-refractivity contribution in [3.8, 4) is 0 Å². The largest absolute Gasteiger partial charge is 0.389 e. The molecule has 0 aliphatic carbocycles. The van der Waals surface area contributed by atoms with Gasteiger partial charge in [-0.25, -0.2) is 0 Å². The smallest absolute Gasteiger partial charge is 0.118 e. The molecule has 2 nitrogen and oxygen atoms in total. The highest BCUT2D eigenvalue weighted by molar-refractivity contribution is 5.22. The fraction of sp³-hybridized carbons (Fsp3) is 0.455. The van der Waals surface area contributed by atoms with Crippen LogP contribution in [-0.4, -0.2) is 10.7 Å². The van der Waals surface area contributed by atoms with E-state index in [9.17, 15) is 5.11 Å². The number of hydrogen-bond acceptors (Lipinski definition) is 1. The van der Waals surface area contributed by atoms with E-state index >= 15 is 0 Å². The molecule has 24 heavy (non-hydrogen) atoms. The summed E-state index contributed by atoms with van der Waals surface area (Å²) in [6.45, 7) is 4.40. The monoisotopic (exact) mass is 324 g/mol. The maximum atomic E-state index is 11.6. The lowest BCUT2D eigenvalue weighted by Crippen LogP contribution is -2.91. The molecule has 3 N–H and O–H groups in total. The number of benzene rings is 2. The molecule has 0 unspecified atom stereocenters. The average Bonchev–Trinajstić information content (AvgIpc) is 2.62. The van der Waals surface area contributed by atoms with Crippen molar-refractivity contribution in [2.45, 2.75) is 57.2 Å². The molecule has 1 saturated heterocycles. The van der Waals surface area contributed by atoms with Crippen LogP contribution in [-0.2, 0) is 0 Å². The predicted octanol–water partition coefficient (Wildman–Crippen LogP) is 3.99. The second-order valence-corrected chi connectivity index (χ2v) is 7.22. The Morgan fingerprint density at radius 1 is 0.958 bits per heavy atom. The highest BCUT2D eigenvalue weighted by atomic mass is 16.3. The molecular formula is C22H30NO+. The van der Waals surface area contributed by atoms with Crippen molar-refractivity contribution in [1.29, 1.82) is 0 Å². The molecule has 0 aromatic heterocycles. The minimum Gasteiger partial charge on any atom is -0.389 e. The van der Waals surface area contributed by atoms with Gasteiger partial charge in [-0.1, -0.05) is 80.9 Å². The molecule has 0 spiro atoms. The molecule has 2 aromatic rings.